The molecule has 1 aliphatic heterocycles. The smallest absolute Gasteiger partial charge is 0.333 e. The van der Waals surface area contributed by atoms with E-state index in [9.17, 15) is 19.2 Å². The van der Waals surface area contributed by atoms with Crippen LogP contribution in [0.4, 0.5) is 0 Å². The largest absolute Gasteiger partial charge is 0.478 e. The van der Waals surface area contributed by atoms with Gasteiger partial charge in [0.1, 0.15) is 16.6 Å². The SMILES string of the molecule is COC(=O)C1=CC[C@]23CCC([C@@](C)(C=CC=C(C)C(=O)O)OC2=O)[C@@]3(OC(C)=O)CC1. The van der Waals surface area contributed by atoms with Crippen LogP contribution in [0, 0.1) is 11.3 Å². The number of carbonyl (C=O) groups is 4. The van der Waals surface area contributed by atoms with Crippen LogP contribution in [0.1, 0.15) is 52.9 Å². The van der Waals surface area contributed by atoms with Gasteiger partial charge in [-0.1, -0.05) is 18.2 Å². The molecule has 8 nitrogen and oxygen atoms in total. The fourth-order valence-electron chi connectivity index (χ4n) is 5.45. The first-order valence-corrected chi connectivity index (χ1v) is 10.3. The first-order valence-electron chi connectivity index (χ1n) is 10.3. The second-order valence-corrected chi connectivity index (χ2v) is 8.67. The second kappa shape index (κ2) is 7.98. The molecule has 0 spiro atoms. The van der Waals surface area contributed by atoms with Crippen LogP contribution in [0.25, 0.3) is 0 Å². The summed E-state index contributed by atoms with van der Waals surface area (Å²) in [6, 6.07) is 0. The minimum absolute atomic E-state index is 0.138. The van der Waals surface area contributed by atoms with E-state index in [-0.39, 0.29) is 17.9 Å². The van der Waals surface area contributed by atoms with Crippen molar-refractivity contribution < 1.29 is 38.5 Å². The molecular formula is C23H28O8. The van der Waals surface area contributed by atoms with Gasteiger partial charge in [0.05, 0.1) is 7.11 Å². The topological polar surface area (TPSA) is 116 Å². The molecule has 3 rings (SSSR count). The second-order valence-electron chi connectivity index (χ2n) is 8.67. The average molecular weight is 432 g/mol. The van der Waals surface area contributed by atoms with E-state index in [1.807, 2.05) is 0 Å². The molecule has 1 saturated carbocycles. The van der Waals surface area contributed by atoms with Gasteiger partial charge in [0.2, 0.25) is 0 Å². The zero-order valence-corrected chi connectivity index (χ0v) is 18.2. The minimum Gasteiger partial charge on any atom is -0.478 e. The van der Waals surface area contributed by atoms with E-state index in [1.54, 1.807) is 25.2 Å². The molecule has 2 aliphatic carbocycles. The Hall–Kier alpha value is -2.90. The number of carbonyl (C=O) groups excluding carboxylic acids is 3. The van der Waals surface area contributed by atoms with Crippen molar-refractivity contribution in [2.45, 2.75) is 64.1 Å². The van der Waals surface area contributed by atoms with Crippen molar-refractivity contribution in [3.8, 4) is 0 Å². The maximum atomic E-state index is 13.4. The summed E-state index contributed by atoms with van der Waals surface area (Å²) in [4.78, 5) is 48.8. The zero-order chi connectivity index (χ0) is 23.0. The molecule has 8 heteroatoms. The van der Waals surface area contributed by atoms with Crippen LogP contribution in [0.3, 0.4) is 0 Å². The van der Waals surface area contributed by atoms with Crippen molar-refractivity contribution >= 4 is 23.9 Å². The van der Waals surface area contributed by atoms with Crippen LogP contribution < -0.4 is 0 Å². The minimum atomic E-state index is -1.13. The fourth-order valence-corrected chi connectivity index (χ4v) is 5.45. The number of ether oxygens (including phenoxy) is 3. The Balaban J connectivity index is 2.07. The molecular weight excluding hydrogens is 404 g/mol. The van der Waals surface area contributed by atoms with Crippen molar-refractivity contribution in [3.63, 3.8) is 0 Å². The summed E-state index contributed by atoms with van der Waals surface area (Å²) in [5.41, 5.74) is -2.71. The Bertz CT molecular complexity index is 913. The van der Waals surface area contributed by atoms with Crippen LogP contribution >= 0.6 is 0 Å². The number of hydrogen-bond acceptors (Lipinski definition) is 7. The molecule has 0 aromatic carbocycles. The van der Waals surface area contributed by atoms with E-state index in [1.165, 1.54) is 27.0 Å². The molecule has 1 saturated heterocycles. The summed E-state index contributed by atoms with van der Waals surface area (Å²) < 4.78 is 16.7. The van der Waals surface area contributed by atoms with Crippen LogP contribution in [-0.4, -0.2) is 47.3 Å². The van der Waals surface area contributed by atoms with E-state index in [4.69, 9.17) is 19.3 Å². The number of carboxylic acid groups (broad SMARTS) is 1. The molecule has 31 heavy (non-hydrogen) atoms. The van der Waals surface area contributed by atoms with Gasteiger partial charge in [-0.25, -0.2) is 9.59 Å². The van der Waals surface area contributed by atoms with E-state index < -0.39 is 40.5 Å². The quantitative estimate of drug-likeness (QED) is 0.305. The molecule has 4 atom stereocenters. The van der Waals surface area contributed by atoms with Crippen LogP contribution in [0.2, 0.25) is 0 Å². The third-order valence-electron chi connectivity index (χ3n) is 6.97. The number of rotatable bonds is 5. The number of aliphatic carboxylic acids is 1. The summed E-state index contributed by atoms with van der Waals surface area (Å²) in [6.07, 6.45) is 8.21. The lowest BCUT2D eigenvalue weighted by molar-refractivity contribution is -0.235. The summed E-state index contributed by atoms with van der Waals surface area (Å²) >= 11 is 0. The van der Waals surface area contributed by atoms with Gasteiger partial charge >= 0.3 is 23.9 Å². The maximum Gasteiger partial charge on any atom is 0.333 e. The molecule has 1 unspecified atom stereocenters. The van der Waals surface area contributed by atoms with Gasteiger partial charge in [-0.05, 0) is 52.0 Å². The normalized spacial score (nSPS) is 35.0. The molecule has 2 fully saturated rings. The molecule has 0 aromatic heterocycles. The van der Waals surface area contributed by atoms with Gasteiger partial charge in [-0.3, -0.25) is 9.59 Å². The molecule has 0 aromatic rings. The first kappa shape index (κ1) is 22.8. The van der Waals surface area contributed by atoms with Crippen molar-refractivity contribution in [2.24, 2.45) is 11.3 Å². The highest BCUT2D eigenvalue weighted by molar-refractivity contribution is 5.89. The first-order chi connectivity index (χ1) is 14.5. The maximum absolute atomic E-state index is 13.4. The Labute approximate surface area is 180 Å². The van der Waals surface area contributed by atoms with E-state index >= 15 is 0 Å². The average Bonchev–Trinajstić information content (AvgIpc) is 2.84. The number of methoxy groups -OCH3 is 1. The van der Waals surface area contributed by atoms with Crippen LogP contribution in [-0.2, 0) is 33.4 Å². The van der Waals surface area contributed by atoms with E-state index in [0.717, 1.165) is 0 Å². The molecule has 168 valence electrons. The highest BCUT2D eigenvalue weighted by atomic mass is 16.6. The summed E-state index contributed by atoms with van der Waals surface area (Å²) in [5.74, 6) is -2.83. The lowest BCUT2D eigenvalue weighted by Gasteiger charge is -2.54. The van der Waals surface area contributed by atoms with Crippen molar-refractivity contribution in [2.75, 3.05) is 7.11 Å². The molecule has 0 radical (unpaired) electrons. The summed E-state index contributed by atoms with van der Waals surface area (Å²) in [6.45, 7) is 4.53. The number of allylic oxidation sites excluding steroid dienone is 3. The fraction of sp³-hybridized carbons (Fsp3) is 0.565. The molecule has 1 heterocycles. The van der Waals surface area contributed by atoms with Gasteiger partial charge in [0.25, 0.3) is 0 Å². The summed E-state index contributed by atoms with van der Waals surface area (Å²) in [7, 11) is 1.30. The molecule has 3 aliphatic rings. The predicted molar refractivity (Wildman–Crippen MR) is 109 cm³/mol. The van der Waals surface area contributed by atoms with Gasteiger partial charge in [0, 0.05) is 24.0 Å². The highest BCUT2D eigenvalue weighted by Gasteiger charge is 2.74. The van der Waals surface area contributed by atoms with Crippen molar-refractivity contribution in [3.05, 3.63) is 35.5 Å². The number of carboxylic acids is 1. The number of cyclic esters (lactones) is 1. The standard InChI is InChI=1S/C23H28O8/c1-14(18(25)26)6-5-10-21(3)17-9-12-22(20(28)31-21)11-7-16(19(27)29-4)8-13-23(17,22)30-15(2)24/h5-7,10,17H,8-9,11-13H2,1-4H3,(H,25,26)/t17?,21-,22+,23+/m1/s1. The van der Waals surface area contributed by atoms with Gasteiger partial charge < -0.3 is 19.3 Å². The third kappa shape index (κ3) is 3.58. The van der Waals surface area contributed by atoms with Crippen LogP contribution in [0.5, 0.6) is 0 Å². The van der Waals surface area contributed by atoms with Crippen LogP contribution in [0.15, 0.2) is 35.5 Å². The molecule has 2 bridgehead atoms. The number of hydrogen-bond donors (Lipinski definition) is 1. The monoisotopic (exact) mass is 432 g/mol. The lowest BCUT2D eigenvalue weighted by Crippen LogP contribution is -2.65. The zero-order valence-electron chi connectivity index (χ0n) is 18.2. The molecule has 0 amide bonds. The lowest BCUT2D eigenvalue weighted by atomic mass is 9.62. The van der Waals surface area contributed by atoms with E-state index in [2.05, 4.69) is 0 Å². The Kier molecular flexibility index (Phi) is 5.86. The van der Waals surface area contributed by atoms with Gasteiger partial charge in [-0.2, -0.15) is 0 Å². The van der Waals surface area contributed by atoms with Gasteiger partial charge in [0.15, 0.2) is 0 Å². The van der Waals surface area contributed by atoms with Gasteiger partial charge in [-0.15, -0.1) is 0 Å². The highest BCUT2D eigenvalue weighted by Crippen LogP contribution is 2.65. The molecule has 1 N–H and O–H groups in total. The van der Waals surface area contributed by atoms with Crippen molar-refractivity contribution in [1.29, 1.82) is 0 Å². The number of esters is 3. The summed E-state index contributed by atoms with van der Waals surface area (Å²) in [5, 5.41) is 9.06. The van der Waals surface area contributed by atoms with Crippen molar-refractivity contribution in [1.82, 2.24) is 0 Å². The predicted octanol–water partition coefficient (Wildman–Crippen LogP) is 2.87. The Morgan fingerprint density at radius 3 is 2.58 bits per heavy atom. The Morgan fingerprint density at radius 1 is 1.26 bits per heavy atom. The van der Waals surface area contributed by atoms with E-state index in [0.29, 0.717) is 31.3 Å². The Morgan fingerprint density at radius 2 is 1.97 bits per heavy atom. The third-order valence-corrected chi connectivity index (χ3v) is 6.97.